The number of aromatic nitrogens is 3. The molecule has 0 aromatic carbocycles. The molecule has 0 radical (unpaired) electrons. The molecule has 1 aromatic heterocycles. The van der Waals surface area contributed by atoms with Crippen molar-refractivity contribution in [2.24, 2.45) is 67.5 Å². The van der Waals surface area contributed by atoms with E-state index in [4.69, 9.17) is 4.74 Å². The number of aryl methyl sites for hydroxylation is 1. The van der Waals surface area contributed by atoms with Gasteiger partial charge >= 0.3 is 11.9 Å². The molecular weight excluding hydrogens is 725 g/mol. The van der Waals surface area contributed by atoms with Gasteiger partial charge in [0.1, 0.15) is 17.8 Å². The van der Waals surface area contributed by atoms with Crippen molar-refractivity contribution in [3.63, 3.8) is 0 Å². The van der Waals surface area contributed by atoms with Crippen LogP contribution in [0.1, 0.15) is 182 Å². The molecule has 10 aliphatic rings. The number of allylic oxidation sites excluding steroid dienone is 1. The normalized spacial score (nSPS) is 49.3. The Labute approximate surface area is 347 Å². The maximum absolute atomic E-state index is 15.7. The van der Waals surface area contributed by atoms with Crippen molar-refractivity contribution in [2.75, 3.05) is 0 Å². The van der Waals surface area contributed by atoms with E-state index < -0.39 is 11.4 Å². The topological polar surface area (TPSA) is 115 Å². The number of hydrogen-bond acceptors (Lipinski definition) is 6. The summed E-state index contributed by atoms with van der Waals surface area (Å²) in [4.78, 5) is 43.2. The molecule has 10 fully saturated rings. The maximum Gasteiger partial charge on any atom is 0.309 e. The highest BCUT2D eigenvalue weighted by Crippen LogP contribution is 2.88. The zero-order valence-corrected chi connectivity index (χ0v) is 37.4. The van der Waals surface area contributed by atoms with Gasteiger partial charge in [0.25, 0.3) is 0 Å². The highest BCUT2D eigenvalue weighted by atomic mass is 16.5. The first-order valence-corrected chi connectivity index (χ1v) is 23.4. The molecule has 2 bridgehead atoms. The van der Waals surface area contributed by atoms with E-state index in [1.165, 1.54) is 24.8 Å². The molecule has 2 saturated heterocycles. The first kappa shape index (κ1) is 39.4. The number of amides is 1. The molecule has 318 valence electrons. The molecule has 15 atom stereocenters. The Morgan fingerprint density at radius 3 is 2.26 bits per heavy atom. The second-order valence-electron chi connectivity index (χ2n) is 24.0. The number of nitrogens with zero attached hydrogens (tertiary/aromatic N) is 4. The highest BCUT2D eigenvalue weighted by Gasteiger charge is 2.83. The average Bonchev–Trinajstić information content (AvgIpc) is 3.58. The fraction of sp³-hybridized carbons (Fsp3) is 0.857. The minimum absolute atomic E-state index is 0.0191. The monoisotopic (exact) mass is 797 g/mol. The molecule has 11 rings (SSSR count). The van der Waals surface area contributed by atoms with Gasteiger partial charge < -0.3 is 19.3 Å². The Morgan fingerprint density at radius 2 is 1.59 bits per heavy atom. The predicted octanol–water partition coefficient (Wildman–Crippen LogP) is 9.84. The van der Waals surface area contributed by atoms with E-state index in [0.717, 1.165) is 82.3 Å². The van der Waals surface area contributed by atoms with E-state index in [9.17, 15) is 14.7 Å². The Kier molecular flexibility index (Phi) is 8.02. The molecule has 58 heavy (non-hydrogen) atoms. The molecule has 1 N–H and O–H groups in total. The van der Waals surface area contributed by atoms with Gasteiger partial charge in [0.05, 0.1) is 22.8 Å². The smallest absolute Gasteiger partial charge is 0.309 e. The van der Waals surface area contributed by atoms with Crippen LogP contribution in [0.2, 0.25) is 0 Å². The number of hydrogen-bond donors (Lipinski definition) is 1. The average molecular weight is 797 g/mol. The SMILES string of the molecule is C=C(C)C1CC[C@]2(C(=O)N3C4CCC35CC(n3c(C)nnc3C(C)C)C45)CC[C@]3(C)C(CC[C@H]4C3(C)CC[C@@]35C[C@]3(C)C(OC(=O)CC(C)(C)C(=O)O)CC[C@]45C)[C@@H]12. The van der Waals surface area contributed by atoms with Gasteiger partial charge in [-0.25, -0.2) is 0 Å². The molecular formula is C49H72N4O5. The van der Waals surface area contributed by atoms with Gasteiger partial charge in [-0.1, -0.05) is 53.7 Å². The Balaban J connectivity index is 0.916. The van der Waals surface area contributed by atoms with Crippen LogP contribution in [0.4, 0.5) is 0 Å². The summed E-state index contributed by atoms with van der Waals surface area (Å²) in [5.41, 5.74) is 0.423. The fourth-order valence-electron chi connectivity index (χ4n) is 18.4. The number of piperidine rings is 1. The van der Waals surface area contributed by atoms with Gasteiger partial charge in [-0.15, -0.1) is 10.2 Å². The standard InChI is InChI=1S/C49H72N4O5/c1-27(2)30-14-18-47(40(55)53-32-15-19-48(53)24-33(38(32)48)52-29(5)50-51-39(52)28(3)4)22-20-43(8)31(37(30)47)12-13-34-44(43,9)21-23-49-26-46(49,11)35(16-17-45(34,49)10)58-36(54)25-42(6,7)41(56)57/h28,30-35,37-38H,1,12-26H2,2-11H3,(H,56,57)/t30?,31?,32?,33?,34-,35?,37+,38?,43+,44?,45+,46+,47-,48?,49-/m0/s1. The van der Waals surface area contributed by atoms with E-state index >= 15 is 4.79 Å². The third-order valence-corrected chi connectivity index (χ3v) is 21.5. The van der Waals surface area contributed by atoms with Crippen molar-refractivity contribution in [2.45, 2.75) is 195 Å². The van der Waals surface area contributed by atoms with E-state index in [1.807, 2.05) is 0 Å². The van der Waals surface area contributed by atoms with Crippen LogP contribution >= 0.6 is 0 Å². The van der Waals surface area contributed by atoms with Crippen LogP contribution in [-0.2, 0) is 19.1 Å². The summed E-state index contributed by atoms with van der Waals surface area (Å²) in [7, 11) is 0. The lowest BCUT2D eigenvalue weighted by atomic mass is 9.32. The largest absolute Gasteiger partial charge is 0.481 e. The summed E-state index contributed by atoms with van der Waals surface area (Å²) < 4.78 is 8.71. The predicted molar refractivity (Wildman–Crippen MR) is 221 cm³/mol. The van der Waals surface area contributed by atoms with Gasteiger partial charge in [0, 0.05) is 29.3 Å². The van der Waals surface area contributed by atoms with Gasteiger partial charge in [0.15, 0.2) is 0 Å². The van der Waals surface area contributed by atoms with E-state index in [-0.39, 0.29) is 56.5 Å². The second-order valence-corrected chi connectivity index (χ2v) is 24.0. The summed E-state index contributed by atoms with van der Waals surface area (Å²) in [5.74, 6) is 3.99. The maximum atomic E-state index is 15.7. The lowest BCUT2D eigenvalue weighted by Crippen LogP contribution is -2.79. The number of ether oxygens (including phenoxy) is 1. The zero-order valence-electron chi connectivity index (χ0n) is 37.4. The number of aliphatic carboxylic acids is 1. The molecule has 2 aliphatic heterocycles. The molecule has 1 aromatic rings. The van der Waals surface area contributed by atoms with Crippen LogP contribution in [0.3, 0.4) is 0 Å². The molecule has 1 amide bonds. The van der Waals surface area contributed by atoms with Gasteiger partial charge in [-0.2, -0.15) is 0 Å². The van der Waals surface area contributed by atoms with Crippen molar-refractivity contribution < 1.29 is 24.2 Å². The van der Waals surface area contributed by atoms with Crippen LogP contribution in [0.5, 0.6) is 0 Å². The summed E-state index contributed by atoms with van der Waals surface area (Å²) >= 11 is 0. The van der Waals surface area contributed by atoms with Crippen molar-refractivity contribution in [3.8, 4) is 0 Å². The lowest BCUT2D eigenvalue weighted by molar-refractivity contribution is -0.247. The quantitative estimate of drug-likeness (QED) is 0.206. The van der Waals surface area contributed by atoms with Crippen molar-refractivity contribution in [3.05, 3.63) is 23.8 Å². The van der Waals surface area contributed by atoms with Crippen molar-refractivity contribution >= 4 is 17.8 Å². The Morgan fingerprint density at radius 1 is 0.862 bits per heavy atom. The summed E-state index contributed by atoms with van der Waals surface area (Å²) in [6.45, 7) is 27.0. The second kappa shape index (κ2) is 11.8. The minimum atomic E-state index is -1.14. The first-order valence-electron chi connectivity index (χ1n) is 23.4. The number of carbonyl (C=O) groups excluding carboxylic acids is 2. The van der Waals surface area contributed by atoms with Gasteiger partial charge in [0.2, 0.25) is 5.91 Å². The number of carboxylic acid groups (broad SMARTS) is 1. The van der Waals surface area contributed by atoms with Crippen LogP contribution in [0.15, 0.2) is 12.2 Å². The third-order valence-electron chi connectivity index (χ3n) is 21.5. The number of fused-ring (bicyclic) bond motifs is 7. The molecule has 9 nitrogen and oxygen atoms in total. The number of rotatable bonds is 8. The minimum Gasteiger partial charge on any atom is -0.481 e. The molecule has 8 saturated carbocycles. The first-order chi connectivity index (χ1) is 27.1. The van der Waals surface area contributed by atoms with E-state index in [1.54, 1.807) is 13.8 Å². The van der Waals surface area contributed by atoms with Crippen LogP contribution < -0.4 is 0 Å². The van der Waals surface area contributed by atoms with Crippen LogP contribution in [0.25, 0.3) is 0 Å². The summed E-state index contributed by atoms with van der Waals surface area (Å²) in [6, 6.07) is 0.748. The van der Waals surface area contributed by atoms with Gasteiger partial charge in [-0.05, 0) is 163 Å². The number of esters is 1. The number of carboxylic acids is 1. The van der Waals surface area contributed by atoms with E-state index in [2.05, 4.69) is 81.6 Å². The van der Waals surface area contributed by atoms with Gasteiger partial charge in [-0.3, -0.25) is 14.4 Å². The third kappa shape index (κ3) is 4.38. The molecule has 2 spiro atoms. The molecule has 9 heteroatoms. The van der Waals surface area contributed by atoms with Crippen LogP contribution in [0, 0.1) is 74.4 Å². The fourth-order valence-corrected chi connectivity index (χ4v) is 18.4. The number of carbonyl (C=O) groups is 3. The highest BCUT2D eigenvalue weighted by molar-refractivity contribution is 5.87. The van der Waals surface area contributed by atoms with E-state index in [0.29, 0.717) is 53.5 Å². The van der Waals surface area contributed by atoms with Crippen molar-refractivity contribution in [1.29, 1.82) is 0 Å². The molecule has 8 unspecified atom stereocenters. The molecule has 3 heterocycles. The lowest BCUT2D eigenvalue weighted by Gasteiger charge is -2.73. The molecule has 8 aliphatic carbocycles. The summed E-state index contributed by atoms with van der Waals surface area (Å²) in [6.07, 6.45) is 15.1. The Bertz CT molecular complexity index is 2010. The zero-order chi connectivity index (χ0) is 41.5. The van der Waals surface area contributed by atoms with Crippen LogP contribution in [-0.4, -0.2) is 60.3 Å². The van der Waals surface area contributed by atoms with Crippen molar-refractivity contribution in [1.82, 2.24) is 19.7 Å². The summed E-state index contributed by atoms with van der Waals surface area (Å²) in [5, 5.41) is 18.8. The Hall–Kier alpha value is -2.71.